The van der Waals surface area contributed by atoms with Crippen LogP contribution in [0.4, 0.5) is 10.5 Å². The van der Waals surface area contributed by atoms with Gasteiger partial charge in [-0.05, 0) is 43.5 Å². The largest absolute Gasteiger partial charge is 0.491 e. The van der Waals surface area contributed by atoms with Crippen LogP contribution in [0, 0.1) is 0 Å². The van der Waals surface area contributed by atoms with E-state index in [1.165, 1.54) is 0 Å². The first-order valence-corrected chi connectivity index (χ1v) is 7.74. The normalized spacial score (nSPS) is 16.8. The van der Waals surface area contributed by atoms with Gasteiger partial charge in [-0.3, -0.25) is 4.79 Å². The molecular weight excluding hydrogens is 300 g/mol. The Morgan fingerprint density at radius 3 is 2.74 bits per heavy atom. The minimum absolute atomic E-state index is 0.0387. The lowest BCUT2D eigenvalue weighted by molar-refractivity contribution is -0.137. The van der Waals surface area contributed by atoms with Crippen molar-refractivity contribution in [1.82, 2.24) is 5.32 Å². The van der Waals surface area contributed by atoms with E-state index in [-0.39, 0.29) is 18.6 Å². The second-order valence-electron chi connectivity index (χ2n) is 5.35. The molecule has 0 aromatic heterocycles. The third kappa shape index (κ3) is 6.56. The monoisotopic (exact) mass is 322 g/mol. The van der Waals surface area contributed by atoms with Crippen LogP contribution in [0.2, 0.25) is 0 Å². The van der Waals surface area contributed by atoms with E-state index < -0.39 is 5.97 Å². The van der Waals surface area contributed by atoms with E-state index in [1.54, 1.807) is 24.3 Å². The molecule has 0 spiro atoms. The van der Waals surface area contributed by atoms with Gasteiger partial charge in [0, 0.05) is 25.3 Å². The maximum atomic E-state index is 11.6. The molecule has 1 saturated heterocycles. The lowest BCUT2D eigenvalue weighted by Gasteiger charge is -2.12. The number of urea groups is 1. The molecule has 3 N–H and O–H groups in total. The van der Waals surface area contributed by atoms with Crippen molar-refractivity contribution in [2.75, 3.05) is 25.1 Å². The molecule has 1 aromatic carbocycles. The zero-order valence-electron chi connectivity index (χ0n) is 12.9. The number of hydrogen-bond donors (Lipinski definition) is 3. The van der Waals surface area contributed by atoms with Gasteiger partial charge in [-0.1, -0.05) is 0 Å². The van der Waals surface area contributed by atoms with Crippen LogP contribution in [-0.2, 0) is 9.53 Å². The fourth-order valence-electron chi connectivity index (χ4n) is 2.22. The number of anilines is 1. The van der Waals surface area contributed by atoms with E-state index in [0.717, 1.165) is 25.2 Å². The Kier molecular flexibility index (Phi) is 6.68. The molecule has 1 atom stereocenters. The molecule has 0 saturated carbocycles. The van der Waals surface area contributed by atoms with Gasteiger partial charge in [0.15, 0.2) is 0 Å². The lowest BCUT2D eigenvalue weighted by atomic mass is 10.2. The fraction of sp³-hybridized carbons (Fsp3) is 0.500. The summed E-state index contributed by atoms with van der Waals surface area (Å²) in [4.78, 5) is 22.0. The first-order chi connectivity index (χ1) is 11.1. The van der Waals surface area contributed by atoms with Crippen LogP contribution >= 0.6 is 0 Å². The van der Waals surface area contributed by atoms with Crippen LogP contribution in [-0.4, -0.2) is 43.0 Å². The molecule has 1 aromatic rings. The highest BCUT2D eigenvalue weighted by molar-refractivity contribution is 5.89. The Morgan fingerprint density at radius 2 is 2.09 bits per heavy atom. The number of carbonyl (C=O) groups excluding carboxylic acids is 1. The molecule has 0 radical (unpaired) electrons. The van der Waals surface area contributed by atoms with Crippen molar-refractivity contribution >= 4 is 17.7 Å². The predicted octanol–water partition coefficient (Wildman–Crippen LogP) is 2.23. The van der Waals surface area contributed by atoms with Crippen molar-refractivity contribution < 1.29 is 24.2 Å². The lowest BCUT2D eigenvalue weighted by Crippen LogP contribution is -2.29. The Labute approximate surface area is 135 Å². The van der Waals surface area contributed by atoms with E-state index in [2.05, 4.69) is 10.6 Å². The van der Waals surface area contributed by atoms with Crippen LogP contribution < -0.4 is 15.4 Å². The summed E-state index contributed by atoms with van der Waals surface area (Å²) < 4.78 is 11.1. The molecule has 7 heteroatoms. The number of carboxylic acids is 1. The van der Waals surface area contributed by atoms with E-state index in [9.17, 15) is 9.59 Å². The summed E-state index contributed by atoms with van der Waals surface area (Å²) in [6.07, 6.45) is 2.72. The average molecular weight is 322 g/mol. The molecule has 2 amide bonds. The Bertz CT molecular complexity index is 512. The highest BCUT2D eigenvalue weighted by atomic mass is 16.5. The summed E-state index contributed by atoms with van der Waals surface area (Å²) in [6.45, 7) is 1.66. The van der Waals surface area contributed by atoms with E-state index in [4.69, 9.17) is 14.6 Å². The van der Waals surface area contributed by atoms with Gasteiger partial charge in [0.1, 0.15) is 12.4 Å². The number of ether oxygens (including phenoxy) is 2. The number of rotatable bonds is 8. The van der Waals surface area contributed by atoms with Gasteiger partial charge < -0.3 is 25.2 Å². The summed E-state index contributed by atoms with van der Waals surface area (Å²) in [5, 5.41) is 13.8. The molecule has 1 fully saturated rings. The second kappa shape index (κ2) is 8.99. The van der Waals surface area contributed by atoms with Gasteiger partial charge in [-0.25, -0.2) is 4.79 Å². The van der Waals surface area contributed by atoms with Gasteiger partial charge in [-0.15, -0.1) is 0 Å². The predicted molar refractivity (Wildman–Crippen MR) is 84.8 cm³/mol. The van der Waals surface area contributed by atoms with Gasteiger partial charge in [0.2, 0.25) is 0 Å². The van der Waals surface area contributed by atoms with Crippen LogP contribution in [0.3, 0.4) is 0 Å². The van der Waals surface area contributed by atoms with Gasteiger partial charge >= 0.3 is 12.0 Å². The van der Waals surface area contributed by atoms with Crippen LogP contribution in [0.15, 0.2) is 24.3 Å². The zero-order chi connectivity index (χ0) is 16.5. The number of aliphatic carboxylic acids is 1. The number of amides is 2. The molecule has 1 heterocycles. The second-order valence-corrected chi connectivity index (χ2v) is 5.35. The van der Waals surface area contributed by atoms with Crippen LogP contribution in [0.1, 0.15) is 25.7 Å². The number of hydrogen-bond acceptors (Lipinski definition) is 4. The van der Waals surface area contributed by atoms with Gasteiger partial charge in [0.25, 0.3) is 0 Å². The van der Waals surface area contributed by atoms with Gasteiger partial charge in [0.05, 0.1) is 6.10 Å². The minimum atomic E-state index is -0.870. The molecule has 1 unspecified atom stereocenters. The first kappa shape index (κ1) is 17.1. The summed E-state index contributed by atoms with van der Waals surface area (Å²) in [6, 6.07) is 6.72. The van der Waals surface area contributed by atoms with E-state index >= 15 is 0 Å². The van der Waals surface area contributed by atoms with Crippen molar-refractivity contribution in [2.45, 2.75) is 31.8 Å². The smallest absolute Gasteiger partial charge is 0.319 e. The topological polar surface area (TPSA) is 96.9 Å². The summed E-state index contributed by atoms with van der Waals surface area (Å²) in [7, 11) is 0. The number of benzene rings is 1. The minimum Gasteiger partial charge on any atom is -0.491 e. The third-order valence-electron chi connectivity index (χ3n) is 3.43. The molecule has 1 aliphatic rings. The molecule has 126 valence electrons. The van der Waals surface area contributed by atoms with Crippen LogP contribution in [0.25, 0.3) is 0 Å². The first-order valence-electron chi connectivity index (χ1n) is 7.74. The van der Waals surface area contributed by atoms with E-state index in [0.29, 0.717) is 25.3 Å². The zero-order valence-corrected chi connectivity index (χ0v) is 12.9. The molecule has 23 heavy (non-hydrogen) atoms. The molecular formula is C16H22N2O5. The van der Waals surface area contributed by atoms with Crippen molar-refractivity contribution in [3.63, 3.8) is 0 Å². The summed E-state index contributed by atoms with van der Waals surface area (Å²) >= 11 is 0. The maximum absolute atomic E-state index is 11.6. The summed E-state index contributed by atoms with van der Waals surface area (Å²) in [5.74, 6) is -0.140. The number of carbonyl (C=O) groups is 2. The fourth-order valence-corrected chi connectivity index (χ4v) is 2.22. The van der Waals surface area contributed by atoms with Crippen molar-refractivity contribution in [3.05, 3.63) is 24.3 Å². The molecule has 2 rings (SSSR count). The number of nitrogens with one attached hydrogen (secondary N) is 2. The quantitative estimate of drug-likeness (QED) is 0.638. The highest BCUT2D eigenvalue weighted by Gasteiger charge is 2.15. The van der Waals surface area contributed by atoms with Crippen molar-refractivity contribution in [3.8, 4) is 5.75 Å². The SMILES string of the molecule is O=C(O)CCCNC(=O)Nc1ccc(OCC2CCCO2)cc1. The average Bonchev–Trinajstić information content (AvgIpc) is 3.04. The highest BCUT2D eigenvalue weighted by Crippen LogP contribution is 2.18. The molecule has 0 bridgehead atoms. The Balaban J connectivity index is 1.67. The van der Waals surface area contributed by atoms with Crippen LogP contribution in [0.5, 0.6) is 5.75 Å². The maximum Gasteiger partial charge on any atom is 0.319 e. The summed E-state index contributed by atoms with van der Waals surface area (Å²) in [5.41, 5.74) is 0.644. The van der Waals surface area contributed by atoms with Gasteiger partial charge in [-0.2, -0.15) is 0 Å². The van der Waals surface area contributed by atoms with E-state index in [1.807, 2.05) is 0 Å². The Morgan fingerprint density at radius 1 is 1.30 bits per heavy atom. The Hall–Kier alpha value is -2.28. The molecule has 0 aliphatic carbocycles. The van der Waals surface area contributed by atoms with Crippen molar-refractivity contribution in [2.24, 2.45) is 0 Å². The standard InChI is InChI=1S/C16H22N2O5/c19-15(20)4-1-9-17-16(21)18-12-5-7-13(8-6-12)23-11-14-3-2-10-22-14/h5-8,14H,1-4,9-11H2,(H,19,20)(H2,17,18,21). The molecule has 1 aliphatic heterocycles. The van der Waals surface area contributed by atoms with Crippen molar-refractivity contribution in [1.29, 1.82) is 0 Å². The molecule has 7 nitrogen and oxygen atoms in total. The third-order valence-corrected chi connectivity index (χ3v) is 3.43. The number of carboxylic acid groups (broad SMARTS) is 1.